The molecule has 0 aromatic heterocycles. The Kier molecular flexibility index (Phi) is 3.36. The zero-order chi connectivity index (χ0) is 12.5. The molecule has 17 heavy (non-hydrogen) atoms. The third-order valence-corrected chi connectivity index (χ3v) is 3.53. The number of nitrogens with one attached hydrogen (secondary N) is 1. The summed E-state index contributed by atoms with van der Waals surface area (Å²) in [6, 6.07) is 0. The summed E-state index contributed by atoms with van der Waals surface area (Å²) in [4.78, 5) is 10.7. The number of rotatable bonds is 6. The van der Waals surface area contributed by atoms with Crippen LogP contribution in [0.1, 0.15) is 25.7 Å². The molecule has 0 spiro atoms. The molecule has 1 aliphatic heterocycles. The topological polar surface area (TPSA) is 58.6 Å². The molecule has 1 aliphatic carbocycles. The van der Waals surface area contributed by atoms with Crippen molar-refractivity contribution in [3.8, 4) is 0 Å². The van der Waals surface area contributed by atoms with Gasteiger partial charge >= 0.3 is 11.9 Å². The molecule has 0 aromatic rings. The summed E-state index contributed by atoms with van der Waals surface area (Å²) in [5.74, 6) is -4.74. The van der Waals surface area contributed by atoms with Gasteiger partial charge in [-0.15, -0.1) is 0 Å². The van der Waals surface area contributed by atoms with Crippen LogP contribution in [0.25, 0.3) is 0 Å². The Bertz CT molecular complexity index is 305. The van der Waals surface area contributed by atoms with Crippen molar-refractivity contribution < 1.29 is 23.4 Å². The molecule has 4 nitrogen and oxygen atoms in total. The Morgan fingerprint density at radius 1 is 1.47 bits per heavy atom. The first-order valence-corrected chi connectivity index (χ1v) is 5.88. The predicted molar refractivity (Wildman–Crippen MR) is 55.7 cm³/mol. The highest BCUT2D eigenvalue weighted by Crippen LogP contribution is 2.47. The van der Waals surface area contributed by atoms with E-state index in [1.807, 2.05) is 0 Å². The normalized spacial score (nSPS) is 29.1. The van der Waals surface area contributed by atoms with Gasteiger partial charge in [0.1, 0.15) is 6.10 Å². The summed E-state index contributed by atoms with van der Waals surface area (Å²) in [6.07, 6.45) is 1.58. The van der Waals surface area contributed by atoms with Gasteiger partial charge in [0, 0.05) is 19.7 Å². The Morgan fingerprint density at radius 2 is 2.18 bits per heavy atom. The van der Waals surface area contributed by atoms with E-state index in [0.717, 1.165) is 19.3 Å². The van der Waals surface area contributed by atoms with Crippen LogP contribution in [0.15, 0.2) is 0 Å². The van der Waals surface area contributed by atoms with E-state index in [4.69, 9.17) is 5.11 Å². The Hall–Kier alpha value is -0.750. The number of aliphatic hydroxyl groups is 1. The molecular formula is C11H17F2NO3. The van der Waals surface area contributed by atoms with Crippen molar-refractivity contribution in [2.24, 2.45) is 5.41 Å². The lowest BCUT2D eigenvalue weighted by molar-refractivity contribution is -0.159. The van der Waals surface area contributed by atoms with Crippen LogP contribution < -0.4 is 5.32 Å². The fourth-order valence-corrected chi connectivity index (χ4v) is 2.19. The maximum Gasteiger partial charge on any atom is 0.377 e. The number of carbonyl (C=O) groups excluding carboxylic acids is 1. The third kappa shape index (κ3) is 2.93. The van der Waals surface area contributed by atoms with Gasteiger partial charge in [0.2, 0.25) is 0 Å². The fourth-order valence-electron chi connectivity index (χ4n) is 2.19. The smallest absolute Gasteiger partial charge is 0.377 e. The van der Waals surface area contributed by atoms with Crippen molar-refractivity contribution in [3.63, 3.8) is 0 Å². The van der Waals surface area contributed by atoms with Crippen LogP contribution in [-0.4, -0.2) is 42.8 Å². The lowest BCUT2D eigenvalue weighted by Gasteiger charge is -2.16. The number of alkyl halides is 2. The number of cyclic esters (lactones) is 1. The van der Waals surface area contributed by atoms with Gasteiger partial charge in [-0.1, -0.05) is 0 Å². The van der Waals surface area contributed by atoms with Crippen LogP contribution in [0.2, 0.25) is 0 Å². The van der Waals surface area contributed by atoms with E-state index in [1.165, 1.54) is 0 Å². The first kappa shape index (κ1) is 12.7. The fraction of sp³-hybridized carbons (Fsp3) is 0.909. The van der Waals surface area contributed by atoms with Crippen molar-refractivity contribution in [1.29, 1.82) is 0 Å². The molecule has 2 aliphatic rings. The Balaban J connectivity index is 1.68. The van der Waals surface area contributed by atoms with Crippen LogP contribution in [0.4, 0.5) is 8.78 Å². The average molecular weight is 249 g/mol. The van der Waals surface area contributed by atoms with Gasteiger partial charge in [-0.25, -0.2) is 4.79 Å². The molecule has 6 heteroatoms. The lowest BCUT2D eigenvalue weighted by atomic mass is 10.0. The Morgan fingerprint density at radius 3 is 2.65 bits per heavy atom. The Labute approximate surface area is 98.3 Å². The molecule has 0 aromatic carbocycles. The minimum Gasteiger partial charge on any atom is -0.456 e. The first-order chi connectivity index (χ1) is 7.97. The van der Waals surface area contributed by atoms with Gasteiger partial charge in [-0.05, 0) is 24.7 Å². The molecule has 2 fully saturated rings. The van der Waals surface area contributed by atoms with Crippen LogP contribution >= 0.6 is 0 Å². The summed E-state index contributed by atoms with van der Waals surface area (Å²) in [7, 11) is 0. The summed E-state index contributed by atoms with van der Waals surface area (Å²) in [5.41, 5.74) is 0.139. The molecule has 1 heterocycles. The van der Waals surface area contributed by atoms with Crippen LogP contribution in [0.3, 0.4) is 0 Å². The minimum absolute atomic E-state index is 0.139. The van der Waals surface area contributed by atoms with E-state index in [2.05, 4.69) is 10.1 Å². The average Bonchev–Trinajstić information content (AvgIpc) is 2.92. The minimum atomic E-state index is -3.32. The van der Waals surface area contributed by atoms with E-state index in [1.54, 1.807) is 0 Å². The molecule has 1 atom stereocenters. The van der Waals surface area contributed by atoms with E-state index in [9.17, 15) is 13.6 Å². The van der Waals surface area contributed by atoms with E-state index < -0.39 is 24.4 Å². The quantitative estimate of drug-likeness (QED) is 0.680. The molecule has 2 N–H and O–H groups in total. The monoisotopic (exact) mass is 249 g/mol. The molecule has 0 amide bonds. The van der Waals surface area contributed by atoms with Crippen molar-refractivity contribution in [1.82, 2.24) is 5.32 Å². The molecule has 98 valence electrons. The number of ether oxygens (including phenoxy) is 1. The van der Waals surface area contributed by atoms with Gasteiger partial charge in [-0.3, -0.25) is 0 Å². The number of hydrogen-bond donors (Lipinski definition) is 2. The second-order valence-corrected chi connectivity index (χ2v) is 5.04. The zero-order valence-electron chi connectivity index (χ0n) is 9.55. The molecule has 0 bridgehead atoms. The molecular weight excluding hydrogens is 232 g/mol. The number of esters is 1. The van der Waals surface area contributed by atoms with Gasteiger partial charge < -0.3 is 15.2 Å². The summed E-state index contributed by atoms with van der Waals surface area (Å²) in [5, 5.41) is 11.9. The second-order valence-electron chi connectivity index (χ2n) is 5.04. The van der Waals surface area contributed by atoms with Gasteiger partial charge in [0.05, 0.1) is 6.42 Å². The first-order valence-electron chi connectivity index (χ1n) is 5.88. The van der Waals surface area contributed by atoms with E-state index in [0.29, 0.717) is 6.54 Å². The maximum atomic E-state index is 12.8. The number of halogens is 2. The SMILES string of the molecule is O=C1OC(CNCC2(CCO)CC2)CC1(F)F. The largest absolute Gasteiger partial charge is 0.456 e. The summed E-state index contributed by atoms with van der Waals surface area (Å²) in [6.45, 7) is 1.10. The van der Waals surface area contributed by atoms with Crippen LogP contribution in [0, 0.1) is 5.41 Å². The molecule has 0 radical (unpaired) electrons. The third-order valence-electron chi connectivity index (χ3n) is 3.53. The summed E-state index contributed by atoms with van der Waals surface area (Å²) < 4.78 is 30.3. The zero-order valence-corrected chi connectivity index (χ0v) is 9.55. The highest BCUT2D eigenvalue weighted by Gasteiger charge is 2.50. The summed E-state index contributed by atoms with van der Waals surface area (Å²) >= 11 is 0. The number of aliphatic hydroxyl groups excluding tert-OH is 1. The maximum absolute atomic E-state index is 12.8. The van der Waals surface area contributed by atoms with Crippen molar-refractivity contribution in [2.45, 2.75) is 37.7 Å². The highest BCUT2D eigenvalue weighted by atomic mass is 19.3. The van der Waals surface area contributed by atoms with Crippen LogP contribution in [-0.2, 0) is 9.53 Å². The lowest BCUT2D eigenvalue weighted by Crippen LogP contribution is -2.32. The van der Waals surface area contributed by atoms with Crippen molar-refractivity contribution in [3.05, 3.63) is 0 Å². The standard InChI is InChI=1S/C11H17F2NO3/c12-11(13)5-8(17-9(11)16)6-14-7-10(1-2-10)3-4-15/h8,14-15H,1-7H2. The molecule has 2 rings (SSSR count). The molecule has 1 saturated heterocycles. The number of carbonyl (C=O) groups is 1. The van der Waals surface area contributed by atoms with E-state index >= 15 is 0 Å². The van der Waals surface area contributed by atoms with Crippen molar-refractivity contribution >= 4 is 5.97 Å². The highest BCUT2D eigenvalue weighted by molar-refractivity contribution is 5.79. The molecule has 1 unspecified atom stereocenters. The number of hydrogen-bond acceptors (Lipinski definition) is 4. The van der Waals surface area contributed by atoms with Gasteiger partial charge in [-0.2, -0.15) is 8.78 Å². The van der Waals surface area contributed by atoms with E-state index in [-0.39, 0.29) is 18.6 Å². The second kappa shape index (κ2) is 4.49. The van der Waals surface area contributed by atoms with Gasteiger partial charge in [0.25, 0.3) is 0 Å². The predicted octanol–water partition coefficient (Wildman–Crippen LogP) is 0.689. The van der Waals surface area contributed by atoms with Gasteiger partial charge in [0.15, 0.2) is 0 Å². The van der Waals surface area contributed by atoms with Crippen LogP contribution in [0.5, 0.6) is 0 Å². The van der Waals surface area contributed by atoms with Crippen molar-refractivity contribution in [2.75, 3.05) is 19.7 Å². The molecule has 1 saturated carbocycles.